The minimum Gasteiger partial charge on any atom is -0.497 e. The van der Waals surface area contributed by atoms with Crippen LogP contribution in [0.5, 0.6) is 11.5 Å². The first-order chi connectivity index (χ1) is 18.9. The molecule has 0 saturated carbocycles. The molecule has 0 radical (unpaired) electrons. The highest BCUT2D eigenvalue weighted by Crippen LogP contribution is 2.33. The van der Waals surface area contributed by atoms with E-state index in [0.29, 0.717) is 28.6 Å². The van der Waals surface area contributed by atoms with Gasteiger partial charge in [0, 0.05) is 48.8 Å². The SMILES string of the molecule is COc1ccc(OC)c(-c2cc(C(=O)Nc3ccc(Nc4cc(C)nc(N5CCCCC5)n4)cc3)n(C)n2)c1. The summed E-state index contributed by atoms with van der Waals surface area (Å²) >= 11 is 0. The predicted molar refractivity (Wildman–Crippen MR) is 152 cm³/mol. The molecular formula is C29H33N7O3. The van der Waals surface area contributed by atoms with Gasteiger partial charge in [0.1, 0.15) is 23.0 Å². The van der Waals surface area contributed by atoms with Gasteiger partial charge in [0.2, 0.25) is 5.95 Å². The van der Waals surface area contributed by atoms with Crippen LogP contribution in [0.25, 0.3) is 11.3 Å². The number of rotatable bonds is 8. The zero-order valence-electron chi connectivity index (χ0n) is 22.7. The van der Waals surface area contributed by atoms with Crippen LogP contribution in [0.4, 0.5) is 23.1 Å². The fourth-order valence-corrected chi connectivity index (χ4v) is 4.66. The molecule has 1 aliphatic heterocycles. The lowest BCUT2D eigenvalue weighted by molar-refractivity contribution is 0.101. The Morgan fingerprint density at radius 1 is 0.897 bits per heavy atom. The van der Waals surface area contributed by atoms with Crippen molar-refractivity contribution in [3.05, 3.63) is 66.0 Å². The van der Waals surface area contributed by atoms with Crippen molar-refractivity contribution in [3.63, 3.8) is 0 Å². The average molecular weight is 528 g/mol. The first kappa shape index (κ1) is 26.0. The number of amides is 1. The molecule has 1 amide bonds. The van der Waals surface area contributed by atoms with Crippen LogP contribution >= 0.6 is 0 Å². The number of aryl methyl sites for hydroxylation is 2. The van der Waals surface area contributed by atoms with Crippen LogP contribution in [0, 0.1) is 6.92 Å². The third kappa shape index (κ3) is 5.95. The molecule has 0 spiro atoms. The maximum atomic E-state index is 13.1. The van der Waals surface area contributed by atoms with Crippen LogP contribution in [0.2, 0.25) is 0 Å². The highest BCUT2D eigenvalue weighted by atomic mass is 16.5. The average Bonchev–Trinajstić information content (AvgIpc) is 3.35. The number of nitrogens with one attached hydrogen (secondary N) is 2. The van der Waals surface area contributed by atoms with Gasteiger partial charge in [-0.3, -0.25) is 9.48 Å². The van der Waals surface area contributed by atoms with Crippen LogP contribution in [-0.4, -0.2) is 53.0 Å². The van der Waals surface area contributed by atoms with Crippen molar-refractivity contribution in [2.75, 3.05) is 42.8 Å². The summed E-state index contributed by atoms with van der Waals surface area (Å²) in [6, 6.07) is 16.6. The molecule has 2 aromatic carbocycles. The number of nitrogens with zero attached hydrogens (tertiary/aromatic N) is 5. The van der Waals surface area contributed by atoms with E-state index in [0.717, 1.165) is 41.8 Å². The Labute approximate surface area is 228 Å². The van der Waals surface area contributed by atoms with Crippen LogP contribution in [0.3, 0.4) is 0 Å². The van der Waals surface area contributed by atoms with Crippen LogP contribution < -0.4 is 25.0 Å². The molecular weight excluding hydrogens is 494 g/mol. The largest absolute Gasteiger partial charge is 0.497 e. The van der Waals surface area contributed by atoms with Gasteiger partial charge in [0.15, 0.2) is 0 Å². The first-order valence-electron chi connectivity index (χ1n) is 13.0. The Hall–Kier alpha value is -4.60. The van der Waals surface area contributed by atoms with Crippen molar-refractivity contribution >= 4 is 29.0 Å². The second-order valence-electron chi connectivity index (χ2n) is 9.50. The summed E-state index contributed by atoms with van der Waals surface area (Å²) in [7, 11) is 4.94. The zero-order chi connectivity index (χ0) is 27.4. The topological polar surface area (TPSA) is 106 Å². The Kier molecular flexibility index (Phi) is 7.62. The number of aromatic nitrogens is 4. The van der Waals surface area contributed by atoms with E-state index in [2.05, 4.69) is 25.6 Å². The van der Waals surface area contributed by atoms with E-state index >= 15 is 0 Å². The number of anilines is 4. The van der Waals surface area contributed by atoms with Gasteiger partial charge in [-0.2, -0.15) is 10.1 Å². The van der Waals surface area contributed by atoms with Gasteiger partial charge in [-0.05, 0) is 74.7 Å². The van der Waals surface area contributed by atoms with Gasteiger partial charge in [-0.1, -0.05) is 0 Å². The second-order valence-corrected chi connectivity index (χ2v) is 9.50. The molecule has 3 heterocycles. The number of ether oxygens (including phenoxy) is 2. The van der Waals surface area contributed by atoms with Gasteiger partial charge in [0.25, 0.3) is 5.91 Å². The fraction of sp³-hybridized carbons (Fsp3) is 0.310. The maximum absolute atomic E-state index is 13.1. The summed E-state index contributed by atoms with van der Waals surface area (Å²) in [6.07, 6.45) is 3.60. The van der Waals surface area contributed by atoms with Crippen molar-refractivity contribution in [1.82, 2.24) is 19.7 Å². The lowest BCUT2D eigenvalue weighted by Gasteiger charge is -2.27. The van der Waals surface area contributed by atoms with Gasteiger partial charge >= 0.3 is 0 Å². The number of hydrogen-bond donors (Lipinski definition) is 2. The quantitative estimate of drug-likeness (QED) is 0.323. The normalized spacial score (nSPS) is 13.2. The Morgan fingerprint density at radius 3 is 2.36 bits per heavy atom. The third-order valence-corrected chi connectivity index (χ3v) is 6.69. The highest BCUT2D eigenvalue weighted by Gasteiger charge is 2.18. The molecule has 1 fully saturated rings. The highest BCUT2D eigenvalue weighted by molar-refractivity contribution is 6.03. The zero-order valence-corrected chi connectivity index (χ0v) is 22.7. The molecule has 2 N–H and O–H groups in total. The van der Waals surface area contributed by atoms with E-state index in [1.165, 1.54) is 19.3 Å². The maximum Gasteiger partial charge on any atom is 0.273 e. The first-order valence-corrected chi connectivity index (χ1v) is 13.0. The summed E-state index contributed by atoms with van der Waals surface area (Å²) in [4.78, 5) is 24.7. The monoisotopic (exact) mass is 527 g/mol. The van der Waals surface area contributed by atoms with Gasteiger partial charge in [0.05, 0.1) is 19.9 Å². The molecule has 2 aromatic heterocycles. The van der Waals surface area contributed by atoms with Gasteiger partial charge in [-0.15, -0.1) is 0 Å². The number of carbonyl (C=O) groups excluding carboxylic acids is 1. The Balaban J connectivity index is 1.28. The van der Waals surface area contributed by atoms with Crippen molar-refractivity contribution in [2.45, 2.75) is 26.2 Å². The summed E-state index contributed by atoms with van der Waals surface area (Å²) in [5, 5.41) is 10.8. The molecule has 1 aliphatic rings. The van der Waals surface area contributed by atoms with Gasteiger partial charge < -0.3 is 25.0 Å². The van der Waals surface area contributed by atoms with Crippen LogP contribution in [0.15, 0.2) is 54.6 Å². The molecule has 10 nitrogen and oxygen atoms in total. The second kappa shape index (κ2) is 11.4. The van der Waals surface area contributed by atoms with Crippen molar-refractivity contribution in [2.24, 2.45) is 7.05 Å². The standard InChI is InChI=1S/C29H33N7O3/c1-19-16-27(33-29(30-19)36-14-6-5-7-15-36)31-20-8-10-21(11-9-20)32-28(37)25-18-24(34-35(25)2)23-17-22(38-3)12-13-26(23)39-4/h8-13,16-18H,5-7,14-15H2,1-4H3,(H,32,37)(H,30,31,33). The lowest BCUT2D eigenvalue weighted by atomic mass is 10.1. The summed E-state index contributed by atoms with van der Waals surface area (Å²) in [6.45, 7) is 3.96. The van der Waals surface area contributed by atoms with Gasteiger partial charge in [-0.25, -0.2) is 4.98 Å². The fourth-order valence-electron chi connectivity index (χ4n) is 4.66. The Morgan fingerprint density at radius 2 is 1.64 bits per heavy atom. The minimum atomic E-state index is -0.267. The van der Waals surface area contributed by atoms with E-state index in [-0.39, 0.29) is 5.91 Å². The number of methoxy groups -OCH3 is 2. The molecule has 0 unspecified atom stereocenters. The number of hydrogen-bond acceptors (Lipinski definition) is 8. The molecule has 0 aliphatic carbocycles. The predicted octanol–water partition coefficient (Wildman–Crippen LogP) is 5.19. The number of carbonyl (C=O) groups is 1. The molecule has 202 valence electrons. The van der Waals surface area contributed by atoms with Crippen molar-refractivity contribution in [3.8, 4) is 22.8 Å². The Bertz CT molecular complexity index is 1460. The minimum absolute atomic E-state index is 0.267. The number of piperidine rings is 1. The summed E-state index contributed by atoms with van der Waals surface area (Å²) < 4.78 is 12.4. The molecule has 0 bridgehead atoms. The number of benzene rings is 2. The lowest BCUT2D eigenvalue weighted by Crippen LogP contribution is -2.31. The van der Waals surface area contributed by atoms with E-state index < -0.39 is 0 Å². The molecule has 1 saturated heterocycles. The van der Waals surface area contributed by atoms with Crippen molar-refractivity contribution in [1.29, 1.82) is 0 Å². The molecule has 5 rings (SSSR count). The van der Waals surface area contributed by atoms with E-state index in [9.17, 15) is 4.79 Å². The molecule has 39 heavy (non-hydrogen) atoms. The van der Waals surface area contributed by atoms with Crippen LogP contribution in [0.1, 0.15) is 35.4 Å². The molecule has 4 aromatic rings. The van der Waals surface area contributed by atoms with E-state index in [4.69, 9.17) is 14.5 Å². The summed E-state index contributed by atoms with van der Waals surface area (Å²) in [5.74, 6) is 2.57. The summed E-state index contributed by atoms with van der Waals surface area (Å²) in [5.41, 5.74) is 4.22. The third-order valence-electron chi connectivity index (χ3n) is 6.69. The van der Waals surface area contributed by atoms with E-state index in [1.54, 1.807) is 32.0 Å². The smallest absolute Gasteiger partial charge is 0.273 e. The van der Waals surface area contributed by atoms with Crippen LogP contribution in [-0.2, 0) is 7.05 Å². The van der Waals surface area contributed by atoms with E-state index in [1.807, 2.05) is 55.5 Å². The van der Waals surface area contributed by atoms with Crippen molar-refractivity contribution < 1.29 is 14.3 Å². The molecule has 10 heteroatoms. The molecule has 0 atom stereocenters.